The van der Waals surface area contributed by atoms with Crippen LogP contribution in [0.4, 0.5) is 5.00 Å². The molecular formula is C22H25N5O4S2. The van der Waals surface area contributed by atoms with Crippen LogP contribution in [-0.4, -0.2) is 51.1 Å². The lowest BCUT2D eigenvalue weighted by Crippen LogP contribution is -2.19. The van der Waals surface area contributed by atoms with Crippen LogP contribution in [0.2, 0.25) is 0 Å². The van der Waals surface area contributed by atoms with Crippen molar-refractivity contribution in [3.8, 4) is 11.4 Å². The number of ether oxygens (including phenoxy) is 2. The first-order valence-electron chi connectivity index (χ1n) is 10.7. The number of thioether (sulfide) groups is 1. The minimum atomic E-state index is -0.379. The number of amides is 1. The van der Waals surface area contributed by atoms with Gasteiger partial charge in [0.2, 0.25) is 11.1 Å². The maximum atomic E-state index is 12.8. The number of aromatic nitrogens is 4. The van der Waals surface area contributed by atoms with Gasteiger partial charge in [-0.25, -0.2) is 4.79 Å². The van der Waals surface area contributed by atoms with Crippen LogP contribution in [0.25, 0.3) is 5.69 Å². The number of tetrazole rings is 1. The average molecular weight is 488 g/mol. The van der Waals surface area contributed by atoms with Crippen molar-refractivity contribution in [2.24, 2.45) is 0 Å². The summed E-state index contributed by atoms with van der Waals surface area (Å²) in [5, 5.41) is 15.7. The highest BCUT2D eigenvalue weighted by Gasteiger charge is 2.28. The molecule has 0 unspecified atom stereocenters. The second kappa shape index (κ2) is 10.3. The summed E-state index contributed by atoms with van der Waals surface area (Å²) in [6.07, 6.45) is 3.64. The molecule has 9 nitrogen and oxygen atoms in total. The maximum absolute atomic E-state index is 12.8. The first kappa shape index (κ1) is 23.2. The summed E-state index contributed by atoms with van der Waals surface area (Å²) in [7, 11) is 1.60. The van der Waals surface area contributed by atoms with Gasteiger partial charge >= 0.3 is 5.97 Å². The molecule has 1 amide bonds. The molecule has 0 aliphatic heterocycles. The van der Waals surface area contributed by atoms with Crippen molar-refractivity contribution in [1.29, 1.82) is 0 Å². The van der Waals surface area contributed by atoms with Gasteiger partial charge in [0.05, 0.1) is 30.2 Å². The van der Waals surface area contributed by atoms with E-state index in [1.807, 2.05) is 38.1 Å². The zero-order chi connectivity index (χ0) is 23.4. The second-order valence-corrected chi connectivity index (χ2v) is 9.82. The fraction of sp³-hybridized carbons (Fsp3) is 0.409. The molecule has 1 aromatic carbocycles. The number of nitrogens with one attached hydrogen (secondary N) is 1. The molecule has 174 valence electrons. The molecular weight excluding hydrogens is 462 g/mol. The minimum Gasteiger partial charge on any atom is -0.497 e. The summed E-state index contributed by atoms with van der Waals surface area (Å²) in [5.41, 5.74) is 2.28. The summed E-state index contributed by atoms with van der Waals surface area (Å²) in [6, 6.07) is 7.30. The molecule has 0 saturated heterocycles. The Kier molecular flexibility index (Phi) is 7.29. The molecule has 1 aliphatic rings. The van der Waals surface area contributed by atoms with Crippen molar-refractivity contribution in [2.75, 3.05) is 18.2 Å². The van der Waals surface area contributed by atoms with E-state index < -0.39 is 0 Å². The Hall–Kier alpha value is -2.92. The SMILES string of the molecule is COc1ccc(-n2nnnc2SCC(=O)Nc2sc3c(c2C(=O)OC(C)C)CCCC3)cc1. The van der Waals surface area contributed by atoms with Gasteiger partial charge in [-0.15, -0.1) is 16.4 Å². The molecule has 4 rings (SSSR count). The molecule has 0 saturated carbocycles. The van der Waals surface area contributed by atoms with Gasteiger partial charge in [-0.3, -0.25) is 4.79 Å². The number of esters is 1. The van der Waals surface area contributed by atoms with E-state index in [1.165, 1.54) is 23.1 Å². The van der Waals surface area contributed by atoms with E-state index in [4.69, 9.17) is 9.47 Å². The lowest BCUT2D eigenvalue weighted by atomic mass is 9.95. The number of hydrogen-bond donors (Lipinski definition) is 1. The third-order valence-electron chi connectivity index (χ3n) is 5.06. The summed E-state index contributed by atoms with van der Waals surface area (Å²) >= 11 is 2.69. The van der Waals surface area contributed by atoms with Crippen molar-refractivity contribution < 1.29 is 19.1 Å². The number of fused-ring (bicyclic) bond motifs is 1. The molecule has 1 N–H and O–H groups in total. The Balaban J connectivity index is 1.46. The standard InChI is InChI=1S/C22H25N5O4S2/c1-13(2)31-21(29)19-16-6-4-5-7-17(16)33-20(19)23-18(28)12-32-22-24-25-26-27(22)14-8-10-15(30-3)11-9-14/h8-11,13H,4-7,12H2,1-3H3,(H,23,28). The van der Waals surface area contributed by atoms with E-state index in [1.54, 1.807) is 11.8 Å². The molecule has 3 aromatic rings. The number of aryl methyl sites for hydroxylation is 1. The number of rotatable bonds is 8. The lowest BCUT2D eigenvalue weighted by Gasteiger charge is -2.14. The number of anilines is 1. The number of methoxy groups -OCH3 is 1. The molecule has 33 heavy (non-hydrogen) atoms. The molecule has 0 radical (unpaired) electrons. The zero-order valence-corrected chi connectivity index (χ0v) is 20.3. The van der Waals surface area contributed by atoms with Gasteiger partial charge in [0, 0.05) is 4.88 Å². The van der Waals surface area contributed by atoms with Crippen LogP contribution in [0.3, 0.4) is 0 Å². The molecule has 1 aliphatic carbocycles. The van der Waals surface area contributed by atoms with Crippen LogP contribution in [0.5, 0.6) is 5.75 Å². The topological polar surface area (TPSA) is 108 Å². The number of benzene rings is 1. The first-order valence-corrected chi connectivity index (χ1v) is 12.5. The maximum Gasteiger partial charge on any atom is 0.341 e. The van der Waals surface area contributed by atoms with Crippen molar-refractivity contribution >= 4 is 40.0 Å². The van der Waals surface area contributed by atoms with Gasteiger partial charge in [-0.1, -0.05) is 11.8 Å². The first-order chi connectivity index (χ1) is 16.0. The van der Waals surface area contributed by atoms with Crippen LogP contribution in [-0.2, 0) is 22.4 Å². The fourth-order valence-electron chi connectivity index (χ4n) is 3.59. The van der Waals surface area contributed by atoms with E-state index in [-0.39, 0.29) is 23.7 Å². The Morgan fingerprint density at radius 2 is 1.97 bits per heavy atom. The van der Waals surface area contributed by atoms with Crippen molar-refractivity contribution in [3.05, 3.63) is 40.3 Å². The highest BCUT2D eigenvalue weighted by Crippen LogP contribution is 2.39. The predicted octanol–water partition coefficient (Wildman–Crippen LogP) is 3.91. The average Bonchev–Trinajstić information content (AvgIpc) is 3.41. The second-order valence-electron chi connectivity index (χ2n) is 7.78. The smallest absolute Gasteiger partial charge is 0.341 e. The van der Waals surface area contributed by atoms with E-state index in [0.717, 1.165) is 47.6 Å². The van der Waals surface area contributed by atoms with Crippen LogP contribution in [0.15, 0.2) is 29.4 Å². The molecule has 0 spiro atoms. The number of thiophene rings is 1. The monoisotopic (exact) mass is 487 g/mol. The Morgan fingerprint density at radius 1 is 1.21 bits per heavy atom. The van der Waals surface area contributed by atoms with Crippen LogP contribution in [0, 0.1) is 0 Å². The quantitative estimate of drug-likeness (QED) is 0.376. The molecule has 2 aromatic heterocycles. The molecule has 0 atom stereocenters. The van der Waals surface area contributed by atoms with Crippen LogP contribution in [0.1, 0.15) is 47.5 Å². The van der Waals surface area contributed by atoms with Crippen molar-refractivity contribution in [1.82, 2.24) is 20.2 Å². The summed E-state index contributed by atoms with van der Waals surface area (Å²) < 4.78 is 12.2. The number of carbonyl (C=O) groups excluding carboxylic acids is 2. The summed E-state index contributed by atoms with van der Waals surface area (Å²) in [6.45, 7) is 3.64. The Bertz CT molecular complexity index is 1140. The molecule has 0 bridgehead atoms. The largest absolute Gasteiger partial charge is 0.497 e. The van der Waals surface area contributed by atoms with Gasteiger partial charge in [0.15, 0.2) is 0 Å². The normalized spacial score (nSPS) is 13.0. The number of hydrogen-bond acceptors (Lipinski definition) is 9. The van der Waals surface area contributed by atoms with Crippen molar-refractivity contribution in [3.63, 3.8) is 0 Å². The zero-order valence-electron chi connectivity index (χ0n) is 18.7. The van der Waals surface area contributed by atoms with Gasteiger partial charge in [0.1, 0.15) is 10.8 Å². The van der Waals surface area contributed by atoms with Gasteiger partial charge in [-0.2, -0.15) is 4.68 Å². The lowest BCUT2D eigenvalue weighted by molar-refractivity contribution is -0.113. The summed E-state index contributed by atoms with van der Waals surface area (Å²) in [4.78, 5) is 26.7. The number of carbonyl (C=O) groups is 2. The van der Waals surface area contributed by atoms with Gasteiger partial charge in [0.25, 0.3) is 0 Å². The Labute approximate surface area is 199 Å². The highest BCUT2D eigenvalue weighted by atomic mass is 32.2. The minimum absolute atomic E-state index is 0.0950. The molecule has 0 fully saturated rings. The van der Waals surface area contributed by atoms with E-state index >= 15 is 0 Å². The van der Waals surface area contributed by atoms with Gasteiger partial charge in [-0.05, 0) is 79.8 Å². The summed E-state index contributed by atoms with van der Waals surface area (Å²) in [5.74, 6) is 0.209. The highest BCUT2D eigenvalue weighted by molar-refractivity contribution is 7.99. The van der Waals surface area contributed by atoms with Crippen LogP contribution >= 0.6 is 23.1 Å². The van der Waals surface area contributed by atoms with Gasteiger partial charge < -0.3 is 14.8 Å². The third kappa shape index (κ3) is 5.36. The number of nitrogens with zero attached hydrogens (tertiary/aromatic N) is 4. The fourth-order valence-corrected chi connectivity index (χ4v) is 5.57. The third-order valence-corrected chi connectivity index (χ3v) is 7.19. The van der Waals surface area contributed by atoms with E-state index in [0.29, 0.717) is 15.7 Å². The van der Waals surface area contributed by atoms with E-state index in [9.17, 15) is 9.59 Å². The van der Waals surface area contributed by atoms with Crippen LogP contribution < -0.4 is 10.1 Å². The Morgan fingerprint density at radius 3 is 2.70 bits per heavy atom. The molecule has 2 heterocycles. The molecule has 11 heteroatoms. The van der Waals surface area contributed by atoms with Crippen molar-refractivity contribution in [2.45, 2.75) is 50.8 Å². The van der Waals surface area contributed by atoms with E-state index in [2.05, 4.69) is 20.8 Å². The predicted molar refractivity (Wildman–Crippen MR) is 127 cm³/mol.